The van der Waals surface area contributed by atoms with Gasteiger partial charge in [-0.1, -0.05) is 24.3 Å². The number of piperidine rings is 1. The molecule has 8 heteroatoms. The van der Waals surface area contributed by atoms with Crippen LogP contribution in [0, 0.1) is 11.7 Å². The van der Waals surface area contributed by atoms with Crippen LogP contribution in [0.2, 0.25) is 0 Å². The van der Waals surface area contributed by atoms with Gasteiger partial charge in [-0.15, -0.1) is 0 Å². The van der Waals surface area contributed by atoms with Gasteiger partial charge in [0.1, 0.15) is 5.82 Å². The van der Waals surface area contributed by atoms with Gasteiger partial charge in [0.15, 0.2) is 0 Å². The van der Waals surface area contributed by atoms with E-state index in [1.54, 1.807) is 0 Å². The highest BCUT2D eigenvalue weighted by Gasteiger charge is 2.33. The number of benzene rings is 2. The highest BCUT2D eigenvalue weighted by atomic mass is 32.2. The van der Waals surface area contributed by atoms with E-state index in [0.717, 1.165) is 37.3 Å². The Morgan fingerprint density at radius 1 is 0.969 bits per heavy atom. The number of halogens is 1. The van der Waals surface area contributed by atoms with E-state index in [-0.39, 0.29) is 17.3 Å². The lowest BCUT2D eigenvalue weighted by Crippen LogP contribution is -2.45. The first-order valence-electron chi connectivity index (χ1n) is 11.3. The third-order valence-electron chi connectivity index (χ3n) is 6.37. The van der Waals surface area contributed by atoms with Crippen molar-refractivity contribution in [2.45, 2.75) is 43.7 Å². The minimum Gasteiger partial charge on any atom is -0.352 e. The molecule has 1 amide bonds. The smallest absolute Gasteiger partial charge is 0.243 e. The molecular formula is C24H30FN3O3S. The van der Waals surface area contributed by atoms with Crippen LogP contribution < -0.4 is 5.32 Å². The largest absolute Gasteiger partial charge is 0.352 e. The molecule has 2 fully saturated rings. The fourth-order valence-corrected chi connectivity index (χ4v) is 6.05. The molecule has 0 saturated carbocycles. The maximum atomic E-state index is 13.2. The van der Waals surface area contributed by atoms with Crippen molar-refractivity contribution >= 4 is 15.9 Å². The second-order valence-electron chi connectivity index (χ2n) is 8.63. The third-order valence-corrected chi connectivity index (χ3v) is 8.25. The molecule has 2 aliphatic rings. The molecule has 0 bridgehead atoms. The Hall–Kier alpha value is -2.29. The molecule has 4 rings (SSSR count). The highest BCUT2D eigenvalue weighted by molar-refractivity contribution is 7.89. The van der Waals surface area contributed by atoms with Crippen molar-refractivity contribution in [1.29, 1.82) is 0 Å². The molecule has 1 N–H and O–H groups in total. The van der Waals surface area contributed by atoms with Gasteiger partial charge in [0.2, 0.25) is 15.9 Å². The van der Waals surface area contributed by atoms with Crippen molar-refractivity contribution in [2.24, 2.45) is 5.92 Å². The van der Waals surface area contributed by atoms with E-state index in [9.17, 15) is 17.6 Å². The van der Waals surface area contributed by atoms with Crippen LogP contribution in [-0.4, -0.2) is 49.7 Å². The van der Waals surface area contributed by atoms with Gasteiger partial charge in [-0.3, -0.25) is 9.69 Å². The minimum absolute atomic E-state index is 0.0517. The summed E-state index contributed by atoms with van der Waals surface area (Å²) in [4.78, 5) is 15.4. The molecule has 172 valence electrons. The third kappa shape index (κ3) is 5.36. The predicted molar refractivity (Wildman–Crippen MR) is 121 cm³/mol. The molecule has 6 nitrogen and oxygen atoms in total. The summed E-state index contributed by atoms with van der Waals surface area (Å²) in [6, 6.07) is 13.0. The molecule has 32 heavy (non-hydrogen) atoms. The zero-order chi connectivity index (χ0) is 22.6. The Morgan fingerprint density at radius 3 is 2.38 bits per heavy atom. The van der Waals surface area contributed by atoms with Gasteiger partial charge in [0.05, 0.1) is 10.8 Å². The quantitative estimate of drug-likeness (QED) is 0.691. The lowest BCUT2D eigenvalue weighted by molar-refractivity contribution is -0.126. The van der Waals surface area contributed by atoms with Gasteiger partial charge in [-0.2, -0.15) is 4.31 Å². The van der Waals surface area contributed by atoms with Gasteiger partial charge < -0.3 is 5.32 Å². The molecular weight excluding hydrogens is 429 g/mol. The first kappa shape index (κ1) is 22.9. The Balaban J connectivity index is 1.37. The number of nitrogens with zero attached hydrogens (tertiary/aromatic N) is 2. The van der Waals surface area contributed by atoms with Crippen LogP contribution in [0.3, 0.4) is 0 Å². The summed E-state index contributed by atoms with van der Waals surface area (Å²) < 4.78 is 40.4. The van der Waals surface area contributed by atoms with Gasteiger partial charge in [0.25, 0.3) is 0 Å². The molecule has 2 saturated heterocycles. The zero-order valence-corrected chi connectivity index (χ0v) is 19.0. The number of hydrogen-bond donors (Lipinski definition) is 1. The minimum atomic E-state index is -3.75. The Morgan fingerprint density at radius 2 is 1.66 bits per heavy atom. The van der Waals surface area contributed by atoms with Gasteiger partial charge in [-0.25, -0.2) is 12.8 Å². The highest BCUT2D eigenvalue weighted by Crippen LogP contribution is 2.24. The van der Waals surface area contributed by atoms with Crippen LogP contribution in [-0.2, 0) is 27.9 Å². The van der Waals surface area contributed by atoms with Gasteiger partial charge >= 0.3 is 0 Å². The monoisotopic (exact) mass is 459 g/mol. The van der Waals surface area contributed by atoms with Crippen molar-refractivity contribution in [3.05, 3.63) is 65.5 Å². The lowest BCUT2D eigenvalue weighted by atomic mass is 9.98. The normalized spacial score (nSPS) is 20.3. The van der Waals surface area contributed by atoms with Crippen LogP contribution in [0.25, 0.3) is 0 Å². The predicted octanol–water partition coefficient (Wildman–Crippen LogP) is 3.14. The first-order chi connectivity index (χ1) is 15.4. The molecule has 1 unspecified atom stereocenters. The molecule has 2 aromatic rings. The van der Waals surface area contributed by atoms with Crippen LogP contribution in [0.1, 0.15) is 36.8 Å². The van der Waals surface area contributed by atoms with Gasteiger partial charge in [-0.05, 0) is 74.2 Å². The van der Waals surface area contributed by atoms with Crippen molar-refractivity contribution in [3.63, 3.8) is 0 Å². The number of nitrogens with one attached hydrogen (secondary N) is 1. The van der Waals surface area contributed by atoms with E-state index < -0.39 is 21.8 Å². The van der Waals surface area contributed by atoms with Crippen molar-refractivity contribution in [3.8, 4) is 0 Å². The number of hydrogen-bond acceptors (Lipinski definition) is 4. The summed E-state index contributed by atoms with van der Waals surface area (Å²) in [5, 5.41) is 3.02. The van der Waals surface area contributed by atoms with E-state index in [1.165, 1.54) is 34.8 Å². The lowest BCUT2D eigenvalue weighted by Gasteiger charge is -2.31. The van der Waals surface area contributed by atoms with E-state index in [1.807, 2.05) is 18.2 Å². The second kappa shape index (κ2) is 10.1. The Bertz CT molecular complexity index is 1040. The molecule has 2 heterocycles. The number of carbonyl (C=O) groups is 1. The van der Waals surface area contributed by atoms with Crippen LogP contribution in [0.4, 0.5) is 4.39 Å². The average molecular weight is 460 g/mol. The second-order valence-corrected chi connectivity index (χ2v) is 10.6. The number of amides is 1. The Labute approximate surface area is 189 Å². The van der Waals surface area contributed by atoms with Crippen molar-refractivity contribution in [2.75, 3.05) is 26.2 Å². The fraction of sp³-hybridized carbons (Fsp3) is 0.458. The van der Waals surface area contributed by atoms with Crippen LogP contribution in [0.15, 0.2) is 53.4 Å². The topological polar surface area (TPSA) is 69.7 Å². The molecule has 0 aliphatic carbocycles. The Kier molecular flexibility index (Phi) is 7.23. The number of carbonyl (C=O) groups excluding carboxylic acids is 1. The molecule has 0 spiro atoms. The van der Waals surface area contributed by atoms with E-state index in [2.05, 4.69) is 16.3 Å². The number of sulfonamides is 1. The number of likely N-dealkylation sites (tertiary alicyclic amines) is 1. The average Bonchev–Trinajstić information content (AvgIpc) is 3.32. The molecule has 1 atom stereocenters. The van der Waals surface area contributed by atoms with E-state index in [0.29, 0.717) is 25.9 Å². The maximum Gasteiger partial charge on any atom is 0.243 e. The summed E-state index contributed by atoms with van der Waals surface area (Å²) in [5.74, 6) is -1.01. The molecule has 0 aromatic heterocycles. The number of rotatable bonds is 7. The summed E-state index contributed by atoms with van der Waals surface area (Å²) in [6.07, 6.45) is 3.73. The van der Waals surface area contributed by atoms with Crippen LogP contribution >= 0.6 is 0 Å². The summed E-state index contributed by atoms with van der Waals surface area (Å²) in [5.41, 5.74) is 2.32. The standard InChI is InChI=1S/C24H30FN3O3S/c25-22-9-11-23(12-10-22)32(30,31)28-15-5-8-21(18-28)24(29)26-16-19-6-1-2-7-20(19)17-27-13-3-4-14-27/h1-2,6-7,9-12,21H,3-5,8,13-18H2,(H,26,29). The van der Waals surface area contributed by atoms with Crippen LogP contribution in [0.5, 0.6) is 0 Å². The SMILES string of the molecule is O=C(NCc1ccccc1CN1CCCC1)C1CCCN(S(=O)(=O)c2ccc(F)cc2)C1. The van der Waals surface area contributed by atoms with E-state index in [4.69, 9.17) is 0 Å². The molecule has 0 radical (unpaired) electrons. The zero-order valence-electron chi connectivity index (χ0n) is 18.2. The summed E-state index contributed by atoms with van der Waals surface area (Å²) in [7, 11) is -3.75. The maximum absolute atomic E-state index is 13.2. The van der Waals surface area contributed by atoms with Gasteiger partial charge in [0, 0.05) is 26.2 Å². The summed E-state index contributed by atoms with van der Waals surface area (Å²) >= 11 is 0. The van der Waals surface area contributed by atoms with Crippen molar-refractivity contribution < 1.29 is 17.6 Å². The first-order valence-corrected chi connectivity index (χ1v) is 12.7. The molecule has 2 aliphatic heterocycles. The van der Waals surface area contributed by atoms with E-state index >= 15 is 0 Å². The molecule has 2 aromatic carbocycles. The van der Waals surface area contributed by atoms with Crippen molar-refractivity contribution in [1.82, 2.24) is 14.5 Å². The summed E-state index contributed by atoms with van der Waals surface area (Å²) in [6.45, 7) is 4.05. The fourth-order valence-electron chi connectivity index (χ4n) is 4.52.